The van der Waals surface area contributed by atoms with E-state index in [0.29, 0.717) is 9.90 Å². The van der Waals surface area contributed by atoms with Crippen LogP contribution in [0.4, 0.5) is 0 Å². The molecule has 0 bridgehead atoms. The molecular formula is C13H11ClN2OS. The van der Waals surface area contributed by atoms with Crippen LogP contribution >= 0.6 is 22.9 Å². The van der Waals surface area contributed by atoms with E-state index in [9.17, 15) is 4.79 Å². The molecule has 2 rings (SSSR count). The summed E-state index contributed by atoms with van der Waals surface area (Å²) in [6, 6.07) is 11.0. The Labute approximate surface area is 114 Å². The SMILES string of the molecule is Cc1ccccc1C(=O)N/N=C/c1ccc(Cl)s1. The summed E-state index contributed by atoms with van der Waals surface area (Å²) in [5, 5.41) is 3.90. The number of nitrogens with zero attached hydrogens (tertiary/aromatic N) is 1. The molecule has 1 amide bonds. The minimum Gasteiger partial charge on any atom is -0.267 e. The summed E-state index contributed by atoms with van der Waals surface area (Å²) in [6.45, 7) is 1.89. The molecule has 0 fully saturated rings. The van der Waals surface area contributed by atoms with Crippen LogP contribution in [-0.2, 0) is 0 Å². The molecular weight excluding hydrogens is 268 g/mol. The van der Waals surface area contributed by atoms with Crippen LogP contribution < -0.4 is 5.43 Å². The predicted molar refractivity (Wildman–Crippen MR) is 75.6 cm³/mol. The predicted octanol–water partition coefficient (Wildman–Crippen LogP) is 3.47. The Morgan fingerprint density at radius 3 is 2.78 bits per heavy atom. The van der Waals surface area contributed by atoms with Gasteiger partial charge in [0.15, 0.2) is 0 Å². The van der Waals surface area contributed by atoms with Gasteiger partial charge in [-0.15, -0.1) is 11.3 Å². The molecule has 0 unspecified atom stereocenters. The lowest BCUT2D eigenvalue weighted by Gasteiger charge is -2.02. The molecule has 92 valence electrons. The van der Waals surface area contributed by atoms with Crippen molar-refractivity contribution in [2.24, 2.45) is 5.10 Å². The number of hydrogen-bond acceptors (Lipinski definition) is 3. The van der Waals surface area contributed by atoms with Gasteiger partial charge in [-0.25, -0.2) is 5.43 Å². The number of amides is 1. The van der Waals surface area contributed by atoms with E-state index in [2.05, 4.69) is 10.5 Å². The molecule has 0 radical (unpaired) electrons. The Morgan fingerprint density at radius 1 is 1.33 bits per heavy atom. The number of hydrogen-bond donors (Lipinski definition) is 1. The molecule has 0 atom stereocenters. The van der Waals surface area contributed by atoms with Gasteiger partial charge in [-0.2, -0.15) is 5.10 Å². The Bertz CT molecular complexity index is 592. The maximum Gasteiger partial charge on any atom is 0.271 e. The number of thiophene rings is 1. The van der Waals surface area contributed by atoms with Gasteiger partial charge < -0.3 is 0 Å². The average Bonchev–Trinajstić information content (AvgIpc) is 2.75. The van der Waals surface area contributed by atoms with Crippen molar-refractivity contribution in [3.63, 3.8) is 0 Å². The molecule has 2 aromatic rings. The highest BCUT2D eigenvalue weighted by Gasteiger charge is 2.06. The average molecular weight is 279 g/mol. The Morgan fingerprint density at radius 2 is 2.11 bits per heavy atom. The highest BCUT2D eigenvalue weighted by atomic mass is 35.5. The molecule has 5 heteroatoms. The van der Waals surface area contributed by atoms with Crippen LogP contribution in [0.25, 0.3) is 0 Å². The van der Waals surface area contributed by atoms with Crippen molar-refractivity contribution in [3.8, 4) is 0 Å². The van der Waals surface area contributed by atoms with E-state index in [1.54, 1.807) is 18.3 Å². The summed E-state index contributed by atoms with van der Waals surface area (Å²) >= 11 is 7.19. The zero-order valence-corrected chi connectivity index (χ0v) is 11.3. The van der Waals surface area contributed by atoms with Crippen LogP contribution in [0.1, 0.15) is 20.8 Å². The zero-order valence-electron chi connectivity index (χ0n) is 9.68. The number of halogens is 1. The first-order chi connectivity index (χ1) is 8.66. The highest BCUT2D eigenvalue weighted by molar-refractivity contribution is 7.17. The lowest BCUT2D eigenvalue weighted by molar-refractivity contribution is 0.0954. The van der Waals surface area contributed by atoms with Crippen molar-refractivity contribution < 1.29 is 4.79 Å². The maximum absolute atomic E-state index is 11.8. The topological polar surface area (TPSA) is 41.5 Å². The van der Waals surface area contributed by atoms with E-state index >= 15 is 0 Å². The van der Waals surface area contributed by atoms with Gasteiger partial charge in [0.05, 0.1) is 10.6 Å². The van der Waals surface area contributed by atoms with Crippen LogP contribution in [0.5, 0.6) is 0 Å². The molecule has 1 heterocycles. The van der Waals surface area contributed by atoms with Gasteiger partial charge in [-0.1, -0.05) is 29.8 Å². The molecule has 3 nitrogen and oxygen atoms in total. The van der Waals surface area contributed by atoms with Crippen LogP contribution in [0.15, 0.2) is 41.5 Å². The second-order valence-electron chi connectivity index (χ2n) is 3.66. The number of nitrogens with one attached hydrogen (secondary N) is 1. The van der Waals surface area contributed by atoms with Gasteiger partial charge in [0.25, 0.3) is 5.91 Å². The van der Waals surface area contributed by atoms with E-state index in [1.165, 1.54) is 11.3 Å². The Hall–Kier alpha value is -1.65. The highest BCUT2D eigenvalue weighted by Crippen LogP contribution is 2.19. The summed E-state index contributed by atoms with van der Waals surface area (Å²) in [4.78, 5) is 12.7. The maximum atomic E-state index is 11.8. The molecule has 0 aliphatic rings. The van der Waals surface area contributed by atoms with Crippen molar-refractivity contribution in [1.29, 1.82) is 0 Å². The molecule has 1 aromatic carbocycles. The molecule has 0 aliphatic heterocycles. The standard InChI is InChI=1S/C13H11ClN2OS/c1-9-4-2-3-5-11(9)13(17)16-15-8-10-6-7-12(14)18-10/h2-8H,1H3,(H,16,17)/b15-8+. The van der Waals surface area contributed by atoms with Crippen LogP contribution in [0.2, 0.25) is 4.34 Å². The quantitative estimate of drug-likeness (QED) is 0.678. The second-order valence-corrected chi connectivity index (χ2v) is 5.40. The van der Waals surface area contributed by atoms with Gasteiger partial charge in [-0.3, -0.25) is 4.79 Å². The first-order valence-electron chi connectivity index (χ1n) is 5.31. The molecule has 0 spiro atoms. The molecule has 1 N–H and O–H groups in total. The summed E-state index contributed by atoms with van der Waals surface area (Å²) in [5.41, 5.74) is 4.04. The van der Waals surface area contributed by atoms with Gasteiger partial charge in [0.2, 0.25) is 0 Å². The van der Waals surface area contributed by atoms with E-state index in [0.717, 1.165) is 10.4 Å². The number of rotatable bonds is 3. The Kier molecular flexibility index (Phi) is 4.12. The summed E-state index contributed by atoms with van der Waals surface area (Å²) < 4.78 is 0.696. The van der Waals surface area contributed by atoms with Crippen molar-refractivity contribution in [2.45, 2.75) is 6.92 Å². The third-order valence-corrected chi connectivity index (χ3v) is 3.51. The third kappa shape index (κ3) is 3.18. The number of carbonyl (C=O) groups is 1. The van der Waals surface area contributed by atoms with E-state index in [-0.39, 0.29) is 5.91 Å². The van der Waals surface area contributed by atoms with E-state index in [1.807, 2.05) is 31.2 Å². The van der Waals surface area contributed by atoms with E-state index in [4.69, 9.17) is 11.6 Å². The van der Waals surface area contributed by atoms with Gasteiger partial charge in [0, 0.05) is 10.4 Å². The first kappa shape index (κ1) is 12.8. The fourth-order valence-corrected chi connectivity index (χ4v) is 2.37. The van der Waals surface area contributed by atoms with Crippen molar-refractivity contribution in [3.05, 3.63) is 56.7 Å². The molecule has 0 aliphatic carbocycles. The van der Waals surface area contributed by atoms with Crippen molar-refractivity contribution in [1.82, 2.24) is 5.43 Å². The number of benzene rings is 1. The molecule has 1 aromatic heterocycles. The lowest BCUT2D eigenvalue weighted by Crippen LogP contribution is -2.18. The van der Waals surface area contributed by atoms with Crippen molar-refractivity contribution >= 4 is 35.1 Å². The number of aryl methyl sites for hydroxylation is 1. The monoisotopic (exact) mass is 278 g/mol. The molecule has 0 saturated heterocycles. The van der Waals surface area contributed by atoms with Gasteiger partial charge in [0.1, 0.15) is 0 Å². The summed E-state index contributed by atoms with van der Waals surface area (Å²) in [5.74, 6) is -0.216. The van der Waals surface area contributed by atoms with Crippen molar-refractivity contribution in [2.75, 3.05) is 0 Å². The van der Waals surface area contributed by atoms with Crippen LogP contribution in [0, 0.1) is 6.92 Å². The number of hydrazone groups is 1. The lowest BCUT2D eigenvalue weighted by atomic mass is 10.1. The fourth-order valence-electron chi connectivity index (χ4n) is 1.44. The normalized spacial score (nSPS) is 10.8. The zero-order chi connectivity index (χ0) is 13.0. The number of carbonyl (C=O) groups excluding carboxylic acids is 1. The van der Waals surface area contributed by atoms with Gasteiger partial charge in [-0.05, 0) is 30.7 Å². The minimum atomic E-state index is -0.216. The largest absolute Gasteiger partial charge is 0.271 e. The Balaban J connectivity index is 2.01. The third-order valence-electron chi connectivity index (χ3n) is 2.34. The molecule has 0 saturated carbocycles. The van der Waals surface area contributed by atoms with Crippen LogP contribution in [0.3, 0.4) is 0 Å². The fraction of sp³-hybridized carbons (Fsp3) is 0.0769. The van der Waals surface area contributed by atoms with E-state index < -0.39 is 0 Å². The smallest absolute Gasteiger partial charge is 0.267 e. The van der Waals surface area contributed by atoms with Gasteiger partial charge >= 0.3 is 0 Å². The minimum absolute atomic E-state index is 0.216. The summed E-state index contributed by atoms with van der Waals surface area (Å²) in [7, 11) is 0. The first-order valence-corrected chi connectivity index (χ1v) is 6.50. The second kappa shape index (κ2) is 5.80. The molecule has 18 heavy (non-hydrogen) atoms. The summed E-state index contributed by atoms with van der Waals surface area (Å²) in [6.07, 6.45) is 1.58. The van der Waals surface area contributed by atoms with Crippen LogP contribution in [-0.4, -0.2) is 12.1 Å².